The summed E-state index contributed by atoms with van der Waals surface area (Å²) >= 11 is 0. The standard InChI is InChI=1S/C14H17N3O3S/c15-11-3-1-10(2-4-11)14(18)9-17-12-5-7-13(8-6-12)21(16,19)20/h1-8,14,17-18H,9,15H2,(H2,16,19,20). The largest absolute Gasteiger partial charge is 0.399 e. The molecule has 6 nitrogen and oxygen atoms in total. The van der Waals surface area contributed by atoms with E-state index in [-0.39, 0.29) is 4.90 Å². The molecular weight excluding hydrogens is 290 g/mol. The van der Waals surface area contributed by atoms with E-state index in [9.17, 15) is 13.5 Å². The number of anilines is 2. The molecule has 7 heteroatoms. The molecule has 2 aromatic rings. The van der Waals surface area contributed by atoms with Crippen LogP contribution in [-0.2, 0) is 10.0 Å². The van der Waals surface area contributed by atoms with E-state index in [1.165, 1.54) is 12.1 Å². The van der Waals surface area contributed by atoms with Gasteiger partial charge in [0, 0.05) is 17.9 Å². The lowest BCUT2D eigenvalue weighted by Crippen LogP contribution is -2.13. The molecule has 1 unspecified atom stereocenters. The number of aliphatic hydroxyl groups excluding tert-OH is 1. The van der Waals surface area contributed by atoms with E-state index in [4.69, 9.17) is 10.9 Å². The van der Waals surface area contributed by atoms with Gasteiger partial charge in [0.25, 0.3) is 0 Å². The number of nitrogens with one attached hydrogen (secondary N) is 1. The summed E-state index contributed by atoms with van der Waals surface area (Å²) in [4.78, 5) is 0.0483. The first-order valence-corrected chi connectivity index (χ1v) is 7.81. The van der Waals surface area contributed by atoms with Gasteiger partial charge in [-0.2, -0.15) is 0 Å². The molecule has 21 heavy (non-hydrogen) atoms. The fraction of sp³-hybridized carbons (Fsp3) is 0.143. The Morgan fingerprint density at radius 3 is 2.14 bits per heavy atom. The predicted molar refractivity (Wildman–Crippen MR) is 82.1 cm³/mol. The minimum absolute atomic E-state index is 0.0483. The Morgan fingerprint density at radius 2 is 1.62 bits per heavy atom. The molecule has 0 amide bonds. The second kappa shape index (κ2) is 6.13. The summed E-state index contributed by atoms with van der Waals surface area (Å²) in [6.45, 7) is 0.290. The molecule has 0 aliphatic rings. The van der Waals surface area contributed by atoms with Crippen LogP contribution in [0.1, 0.15) is 11.7 Å². The van der Waals surface area contributed by atoms with Gasteiger partial charge in [-0.3, -0.25) is 0 Å². The van der Waals surface area contributed by atoms with Gasteiger partial charge in [-0.15, -0.1) is 0 Å². The van der Waals surface area contributed by atoms with Crippen molar-refractivity contribution in [3.05, 3.63) is 54.1 Å². The van der Waals surface area contributed by atoms with Gasteiger partial charge in [0.2, 0.25) is 10.0 Å². The van der Waals surface area contributed by atoms with Crippen molar-refractivity contribution in [3.8, 4) is 0 Å². The highest BCUT2D eigenvalue weighted by Gasteiger charge is 2.09. The van der Waals surface area contributed by atoms with Gasteiger partial charge in [-0.25, -0.2) is 13.6 Å². The van der Waals surface area contributed by atoms with E-state index in [1.54, 1.807) is 36.4 Å². The first kappa shape index (κ1) is 15.3. The van der Waals surface area contributed by atoms with Gasteiger partial charge in [0.15, 0.2) is 0 Å². The van der Waals surface area contributed by atoms with Crippen molar-refractivity contribution in [2.75, 3.05) is 17.6 Å². The molecule has 0 aromatic heterocycles. The van der Waals surface area contributed by atoms with Crippen LogP contribution in [0.15, 0.2) is 53.4 Å². The zero-order valence-electron chi connectivity index (χ0n) is 11.2. The molecule has 2 rings (SSSR count). The number of primary sulfonamides is 1. The van der Waals surface area contributed by atoms with Gasteiger partial charge in [-0.05, 0) is 42.0 Å². The molecule has 0 aliphatic carbocycles. The zero-order valence-corrected chi connectivity index (χ0v) is 12.0. The fourth-order valence-corrected chi connectivity index (χ4v) is 2.33. The Bertz CT molecular complexity index is 697. The molecule has 0 saturated carbocycles. The lowest BCUT2D eigenvalue weighted by Gasteiger charge is -2.13. The SMILES string of the molecule is Nc1ccc(C(O)CNc2ccc(S(N)(=O)=O)cc2)cc1. The molecule has 0 aliphatic heterocycles. The second-order valence-corrected chi connectivity index (χ2v) is 6.19. The summed E-state index contributed by atoms with van der Waals surface area (Å²) in [7, 11) is -3.69. The van der Waals surface area contributed by atoms with Crippen molar-refractivity contribution >= 4 is 21.4 Å². The number of benzene rings is 2. The monoisotopic (exact) mass is 307 g/mol. The Morgan fingerprint density at radius 1 is 1.05 bits per heavy atom. The smallest absolute Gasteiger partial charge is 0.238 e. The summed E-state index contributed by atoms with van der Waals surface area (Å²) < 4.78 is 22.3. The average molecular weight is 307 g/mol. The van der Waals surface area contributed by atoms with Crippen LogP contribution < -0.4 is 16.2 Å². The van der Waals surface area contributed by atoms with Crippen molar-refractivity contribution in [3.63, 3.8) is 0 Å². The number of rotatable bonds is 5. The Kier molecular flexibility index (Phi) is 4.46. The van der Waals surface area contributed by atoms with E-state index in [2.05, 4.69) is 5.32 Å². The molecule has 2 aromatic carbocycles. The van der Waals surface area contributed by atoms with Crippen molar-refractivity contribution < 1.29 is 13.5 Å². The number of hydrogen-bond acceptors (Lipinski definition) is 5. The molecular formula is C14H17N3O3S. The van der Waals surface area contributed by atoms with E-state index in [0.29, 0.717) is 17.9 Å². The van der Waals surface area contributed by atoms with E-state index in [1.807, 2.05) is 0 Å². The van der Waals surface area contributed by atoms with Crippen molar-refractivity contribution in [2.45, 2.75) is 11.0 Å². The maximum Gasteiger partial charge on any atom is 0.238 e. The minimum Gasteiger partial charge on any atom is -0.399 e. The predicted octanol–water partition coefficient (Wildman–Crippen LogP) is 1.06. The number of sulfonamides is 1. The number of aliphatic hydroxyl groups is 1. The van der Waals surface area contributed by atoms with Crippen LogP contribution >= 0.6 is 0 Å². The maximum atomic E-state index is 11.1. The van der Waals surface area contributed by atoms with Crippen molar-refractivity contribution in [2.24, 2.45) is 5.14 Å². The van der Waals surface area contributed by atoms with Crippen molar-refractivity contribution in [1.82, 2.24) is 0 Å². The summed E-state index contributed by atoms with van der Waals surface area (Å²) in [5.74, 6) is 0. The molecule has 0 radical (unpaired) electrons. The summed E-state index contributed by atoms with van der Waals surface area (Å²) in [5.41, 5.74) is 7.66. The highest BCUT2D eigenvalue weighted by atomic mass is 32.2. The maximum absolute atomic E-state index is 11.1. The van der Waals surface area contributed by atoms with Gasteiger partial charge in [0.1, 0.15) is 0 Å². The van der Waals surface area contributed by atoms with Gasteiger partial charge in [-0.1, -0.05) is 12.1 Å². The Balaban J connectivity index is 1.98. The first-order chi connectivity index (χ1) is 9.86. The molecule has 112 valence electrons. The number of nitrogens with two attached hydrogens (primary N) is 2. The second-order valence-electron chi connectivity index (χ2n) is 4.63. The number of hydrogen-bond donors (Lipinski definition) is 4. The summed E-state index contributed by atoms with van der Waals surface area (Å²) in [6, 6.07) is 13.0. The summed E-state index contributed by atoms with van der Waals surface area (Å²) in [5, 5.41) is 18.1. The third kappa shape index (κ3) is 4.19. The molecule has 0 bridgehead atoms. The quantitative estimate of drug-likeness (QED) is 0.616. The minimum atomic E-state index is -3.69. The molecule has 0 heterocycles. The molecule has 0 saturated heterocycles. The van der Waals surface area contributed by atoms with Crippen LogP contribution in [0.3, 0.4) is 0 Å². The topological polar surface area (TPSA) is 118 Å². The molecule has 0 spiro atoms. The normalized spacial score (nSPS) is 12.9. The highest BCUT2D eigenvalue weighted by molar-refractivity contribution is 7.89. The Hall–Kier alpha value is -2.09. The molecule has 1 atom stereocenters. The van der Waals surface area contributed by atoms with Crippen LogP contribution in [0.5, 0.6) is 0 Å². The Labute approximate surface area is 123 Å². The fourth-order valence-electron chi connectivity index (χ4n) is 1.81. The lowest BCUT2D eigenvalue weighted by atomic mass is 10.1. The van der Waals surface area contributed by atoms with Crippen molar-refractivity contribution in [1.29, 1.82) is 0 Å². The number of nitrogen functional groups attached to an aromatic ring is 1. The third-order valence-electron chi connectivity index (χ3n) is 3.00. The zero-order chi connectivity index (χ0) is 15.5. The van der Waals surface area contributed by atoms with Gasteiger partial charge < -0.3 is 16.2 Å². The van der Waals surface area contributed by atoms with E-state index in [0.717, 1.165) is 5.56 Å². The van der Waals surface area contributed by atoms with Gasteiger partial charge in [0.05, 0.1) is 11.0 Å². The molecule has 6 N–H and O–H groups in total. The lowest BCUT2D eigenvalue weighted by molar-refractivity contribution is 0.191. The van der Waals surface area contributed by atoms with Crippen LogP contribution in [0.2, 0.25) is 0 Å². The van der Waals surface area contributed by atoms with E-state index >= 15 is 0 Å². The third-order valence-corrected chi connectivity index (χ3v) is 3.93. The average Bonchev–Trinajstić information content (AvgIpc) is 2.45. The highest BCUT2D eigenvalue weighted by Crippen LogP contribution is 2.17. The van der Waals surface area contributed by atoms with Crippen LogP contribution in [0.4, 0.5) is 11.4 Å². The van der Waals surface area contributed by atoms with Crippen LogP contribution in [-0.4, -0.2) is 20.1 Å². The van der Waals surface area contributed by atoms with Crippen LogP contribution in [0.25, 0.3) is 0 Å². The summed E-state index contributed by atoms with van der Waals surface area (Å²) in [6.07, 6.45) is -0.691. The van der Waals surface area contributed by atoms with E-state index < -0.39 is 16.1 Å². The molecule has 0 fully saturated rings. The van der Waals surface area contributed by atoms with Gasteiger partial charge >= 0.3 is 0 Å². The van der Waals surface area contributed by atoms with Crippen LogP contribution in [0, 0.1) is 0 Å². The first-order valence-electron chi connectivity index (χ1n) is 6.26.